The minimum atomic E-state index is -2.23. The summed E-state index contributed by atoms with van der Waals surface area (Å²) in [6.07, 6.45) is 18.9. The van der Waals surface area contributed by atoms with E-state index in [0.717, 1.165) is 19.8 Å². The predicted molar refractivity (Wildman–Crippen MR) is 104 cm³/mol. The van der Waals surface area contributed by atoms with E-state index in [0.29, 0.717) is 6.42 Å². The second-order valence-corrected chi connectivity index (χ2v) is 7.50. The Hall–Kier alpha value is 0.100. The fourth-order valence-electron chi connectivity index (χ4n) is 3.02. The maximum atomic E-state index is 11.6. The van der Waals surface area contributed by atoms with Gasteiger partial charge in [-0.15, -0.1) is 0 Å². The molecule has 4 nitrogen and oxygen atoms in total. The number of rotatable bonds is 18. The monoisotopic (exact) mass is 380 g/mol. The molecule has 0 spiro atoms. The first-order chi connectivity index (χ1) is 11.9. The molecule has 0 radical (unpaired) electrons. The summed E-state index contributed by atoms with van der Waals surface area (Å²) in [5.74, 6) is -2.05. The smallest absolute Gasteiger partial charge is 1.00 e. The van der Waals surface area contributed by atoms with E-state index in [9.17, 15) is 14.7 Å². The molecule has 1 atom stereocenters. The Labute approximate surface area is 184 Å². The summed E-state index contributed by atoms with van der Waals surface area (Å²) in [4.78, 5) is 22.4. The van der Waals surface area contributed by atoms with Crippen LogP contribution in [-0.4, -0.2) is 27.6 Å². The molecule has 0 heterocycles. The van der Waals surface area contributed by atoms with Crippen molar-refractivity contribution in [3.63, 3.8) is 0 Å². The van der Waals surface area contributed by atoms with E-state index in [4.69, 9.17) is 5.11 Å². The molecule has 2 N–H and O–H groups in total. The van der Waals surface area contributed by atoms with Crippen molar-refractivity contribution >= 4 is 11.8 Å². The van der Waals surface area contributed by atoms with Crippen LogP contribution in [0.3, 0.4) is 0 Å². The van der Waals surface area contributed by atoms with Gasteiger partial charge < -0.3 is 11.6 Å². The molecule has 0 fully saturated rings. The van der Waals surface area contributed by atoms with Gasteiger partial charge in [0, 0.05) is 6.42 Å². The molecule has 0 aliphatic heterocycles. The Morgan fingerprint density at radius 2 is 1.04 bits per heavy atom. The molecule has 26 heavy (non-hydrogen) atoms. The van der Waals surface area contributed by atoms with Crippen molar-refractivity contribution in [2.75, 3.05) is 0 Å². The van der Waals surface area contributed by atoms with E-state index in [1.165, 1.54) is 77.0 Å². The molecule has 0 bridgehead atoms. The van der Waals surface area contributed by atoms with Crippen LogP contribution < -0.4 is 29.6 Å². The summed E-state index contributed by atoms with van der Waals surface area (Å²) < 4.78 is 0. The SMILES string of the molecule is CCCCCCCCCCCCCCCCCC(=O)C(C)(O)C(=O)O.[H-].[Na+]. The number of unbranched alkanes of at least 4 members (excludes halogenated alkanes) is 14. The van der Waals surface area contributed by atoms with Crippen molar-refractivity contribution in [1.29, 1.82) is 0 Å². The van der Waals surface area contributed by atoms with E-state index in [1.807, 2.05) is 0 Å². The molecular formula is C21H41NaO4. The first-order valence-corrected chi connectivity index (χ1v) is 10.4. The third-order valence-corrected chi connectivity index (χ3v) is 4.97. The Balaban J connectivity index is -0.00000288. The quantitative estimate of drug-likeness (QED) is 0.218. The zero-order valence-corrected chi connectivity index (χ0v) is 19.5. The standard InChI is InChI=1S/C21H40O4.Na.H/c1-3-4-5-6-7-8-9-10-11-12-13-14-15-16-17-18-19(22)21(2,25)20(23)24;;/h25H,3-18H2,1-2H3,(H,23,24);;/q;+1;-1. The summed E-state index contributed by atoms with van der Waals surface area (Å²) in [6, 6.07) is 0. The van der Waals surface area contributed by atoms with Crippen LogP contribution in [-0.2, 0) is 9.59 Å². The van der Waals surface area contributed by atoms with Crippen molar-refractivity contribution in [1.82, 2.24) is 0 Å². The van der Waals surface area contributed by atoms with Crippen molar-refractivity contribution in [2.24, 2.45) is 0 Å². The Kier molecular flexibility index (Phi) is 20.1. The van der Waals surface area contributed by atoms with Gasteiger partial charge in [-0.3, -0.25) is 4.79 Å². The summed E-state index contributed by atoms with van der Waals surface area (Å²) in [5, 5.41) is 18.3. The van der Waals surface area contributed by atoms with Crippen molar-refractivity contribution < 1.29 is 50.8 Å². The van der Waals surface area contributed by atoms with Crippen LogP contribution in [0.1, 0.15) is 118 Å². The van der Waals surface area contributed by atoms with Gasteiger partial charge in [0.05, 0.1) is 0 Å². The van der Waals surface area contributed by atoms with Crippen molar-refractivity contribution in [2.45, 2.75) is 122 Å². The molecule has 0 aromatic rings. The fraction of sp³-hybridized carbons (Fsp3) is 0.905. The first-order valence-electron chi connectivity index (χ1n) is 10.4. The third-order valence-electron chi connectivity index (χ3n) is 4.97. The van der Waals surface area contributed by atoms with E-state index >= 15 is 0 Å². The number of carbonyl (C=O) groups is 2. The van der Waals surface area contributed by atoms with Crippen LogP contribution in [0.15, 0.2) is 0 Å². The predicted octanol–water partition coefficient (Wildman–Crippen LogP) is 2.77. The average molecular weight is 381 g/mol. The normalized spacial score (nSPS) is 13.0. The van der Waals surface area contributed by atoms with Crippen LogP contribution in [0.5, 0.6) is 0 Å². The van der Waals surface area contributed by atoms with E-state index < -0.39 is 17.4 Å². The molecule has 0 amide bonds. The first kappa shape index (κ1) is 28.3. The van der Waals surface area contributed by atoms with Gasteiger partial charge in [0.25, 0.3) is 0 Å². The molecule has 0 aliphatic rings. The topological polar surface area (TPSA) is 74.6 Å². The Morgan fingerprint density at radius 3 is 1.35 bits per heavy atom. The molecule has 0 saturated carbocycles. The molecule has 0 saturated heterocycles. The van der Waals surface area contributed by atoms with Crippen LogP contribution in [0.25, 0.3) is 0 Å². The zero-order chi connectivity index (χ0) is 19.0. The minimum Gasteiger partial charge on any atom is -1.00 e. The summed E-state index contributed by atoms with van der Waals surface area (Å²) in [5.41, 5.74) is -2.23. The molecule has 0 aromatic carbocycles. The summed E-state index contributed by atoms with van der Waals surface area (Å²) in [7, 11) is 0. The molecule has 0 aliphatic carbocycles. The molecule has 150 valence electrons. The molecule has 1 unspecified atom stereocenters. The van der Waals surface area contributed by atoms with Crippen molar-refractivity contribution in [3.05, 3.63) is 0 Å². The molecule has 0 rings (SSSR count). The molecule has 5 heteroatoms. The van der Waals surface area contributed by atoms with Gasteiger partial charge >= 0.3 is 35.5 Å². The Bertz CT molecular complexity index is 362. The van der Waals surface area contributed by atoms with Crippen LogP contribution >= 0.6 is 0 Å². The van der Waals surface area contributed by atoms with E-state index in [2.05, 4.69) is 6.92 Å². The minimum absolute atomic E-state index is 0. The van der Waals surface area contributed by atoms with Gasteiger partial charge in [-0.25, -0.2) is 4.79 Å². The number of hydrogen-bond acceptors (Lipinski definition) is 3. The van der Waals surface area contributed by atoms with Gasteiger partial charge in [0.15, 0.2) is 5.78 Å². The number of aliphatic hydroxyl groups is 1. The van der Waals surface area contributed by atoms with Crippen LogP contribution in [0.2, 0.25) is 0 Å². The number of hydrogen-bond donors (Lipinski definition) is 2. The van der Waals surface area contributed by atoms with Crippen LogP contribution in [0, 0.1) is 0 Å². The number of aliphatic carboxylic acids is 1. The van der Waals surface area contributed by atoms with Crippen LogP contribution in [0.4, 0.5) is 0 Å². The summed E-state index contributed by atoms with van der Waals surface area (Å²) in [6.45, 7) is 3.31. The number of carboxylic acid groups (broad SMARTS) is 1. The Morgan fingerprint density at radius 1 is 0.731 bits per heavy atom. The number of carbonyl (C=O) groups excluding carboxylic acids is 1. The number of Topliss-reactive ketones (excluding diaryl/α,β-unsaturated/α-hetero) is 1. The van der Waals surface area contributed by atoms with Gasteiger partial charge in [-0.05, 0) is 13.3 Å². The average Bonchev–Trinajstić information content (AvgIpc) is 2.57. The van der Waals surface area contributed by atoms with Gasteiger partial charge in [0.1, 0.15) is 0 Å². The fourth-order valence-corrected chi connectivity index (χ4v) is 3.02. The van der Waals surface area contributed by atoms with Gasteiger partial charge in [-0.2, -0.15) is 0 Å². The third kappa shape index (κ3) is 15.2. The molecular weight excluding hydrogens is 339 g/mol. The van der Waals surface area contributed by atoms with E-state index in [1.54, 1.807) is 0 Å². The largest absolute Gasteiger partial charge is 1.00 e. The zero-order valence-electron chi connectivity index (χ0n) is 18.5. The second-order valence-electron chi connectivity index (χ2n) is 7.50. The second kappa shape index (κ2) is 18.5. The number of ketones is 1. The molecule has 0 aromatic heterocycles. The summed E-state index contributed by atoms with van der Waals surface area (Å²) >= 11 is 0. The van der Waals surface area contributed by atoms with Crippen molar-refractivity contribution in [3.8, 4) is 0 Å². The maximum absolute atomic E-state index is 11.6. The van der Waals surface area contributed by atoms with Gasteiger partial charge in [0.2, 0.25) is 5.60 Å². The number of carboxylic acids is 1. The maximum Gasteiger partial charge on any atom is 1.00 e. The van der Waals surface area contributed by atoms with Gasteiger partial charge in [-0.1, -0.05) is 96.8 Å². The van der Waals surface area contributed by atoms with E-state index in [-0.39, 0.29) is 37.4 Å².